The van der Waals surface area contributed by atoms with E-state index in [1.807, 2.05) is 0 Å². The second-order valence-electron chi connectivity index (χ2n) is 7.89. The van der Waals surface area contributed by atoms with Crippen LogP contribution in [0.4, 0.5) is 11.5 Å². The summed E-state index contributed by atoms with van der Waals surface area (Å²) in [4.78, 5) is 23.7. The van der Waals surface area contributed by atoms with E-state index < -0.39 is 10.8 Å². The van der Waals surface area contributed by atoms with E-state index in [0.29, 0.717) is 26.7 Å². The number of aryl methyl sites for hydroxylation is 1. The van der Waals surface area contributed by atoms with Gasteiger partial charge in [-0.1, -0.05) is 59.1 Å². The largest absolute Gasteiger partial charge is 0.482 e. The number of aromatic nitrogens is 2. The lowest BCUT2D eigenvalue weighted by molar-refractivity contribution is -0.386. The fraction of sp³-hybridized carbons (Fsp3) is 0.120. The van der Waals surface area contributed by atoms with Gasteiger partial charge in [0.25, 0.3) is 5.91 Å². The van der Waals surface area contributed by atoms with Crippen molar-refractivity contribution in [2.24, 2.45) is 0 Å². The lowest BCUT2D eigenvalue weighted by Crippen LogP contribution is -2.13. The molecule has 0 aliphatic heterocycles. The Kier molecular flexibility index (Phi) is 7.79. The van der Waals surface area contributed by atoms with Gasteiger partial charge in [0.05, 0.1) is 11.5 Å². The van der Waals surface area contributed by atoms with Gasteiger partial charge in [-0.05, 0) is 48.4 Å². The third-order valence-corrected chi connectivity index (χ3v) is 6.21. The molecule has 8 nitrogen and oxygen atoms in total. The van der Waals surface area contributed by atoms with Crippen LogP contribution in [-0.2, 0) is 13.2 Å². The number of halogens is 3. The van der Waals surface area contributed by atoms with Crippen LogP contribution in [0.25, 0.3) is 0 Å². The Bertz CT molecular complexity index is 1430. The molecule has 4 rings (SSSR count). The van der Waals surface area contributed by atoms with Crippen molar-refractivity contribution in [3.05, 3.63) is 114 Å². The summed E-state index contributed by atoms with van der Waals surface area (Å²) in [6, 6.07) is 16.6. The van der Waals surface area contributed by atoms with Crippen LogP contribution in [-0.4, -0.2) is 20.6 Å². The maximum atomic E-state index is 12.9. The molecule has 0 unspecified atom stereocenters. The molecular weight excluding hydrogens is 527 g/mol. The Morgan fingerprint density at radius 3 is 2.50 bits per heavy atom. The number of nitrogens with one attached hydrogen (secondary N) is 1. The summed E-state index contributed by atoms with van der Waals surface area (Å²) >= 11 is 18.7. The summed E-state index contributed by atoms with van der Waals surface area (Å²) in [7, 11) is 0. The normalized spacial score (nSPS) is 10.8. The summed E-state index contributed by atoms with van der Waals surface area (Å²) in [5, 5.41) is 19.6. The standard InChI is InChI=1S/C25H19Cl3N4O4/c1-15-8-9-23(22(10-15)32(34)35)36-14-16-4-2-5-17(11-16)25(33)29-24-21(28)13-31(30-24)12-18-19(26)6-3-7-20(18)27/h2-11,13H,12,14H2,1H3,(H,29,30,33). The van der Waals surface area contributed by atoms with Crippen molar-refractivity contribution in [1.29, 1.82) is 0 Å². The van der Waals surface area contributed by atoms with Crippen molar-refractivity contribution in [2.75, 3.05) is 5.32 Å². The highest BCUT2D eigenvalue weighted by Gasteiger charge is 2.17. The minimum Gasteiger partial charge on any atom is -0.482 e. The first-order valence-corrected chi connectivity index (χ1v) is 11.8. The van der Waals surface area contributed by atoms with E-state index in [1.165, 1.54) is 10.7 Å². The highest BCUT2D eigenvalue weighted by Crippen LogP contribution is 2.29. The minimum absolute atomic E-state index is 0.0407. The van der Waals surface area contributed by atoms with Crippen LogP contribution in [0.1, 0.15) is 27.0 Å². The molecule has 4 aromatic rings. The number of benzene rings is 3. The summed E-state index contributed by atoms with van der Waals surface area (Å²) in [6.07, 6.45) is 1.57. The van der Waals surface area contributed by atoms with Gasteiger partial charge in [0.1, 0.15) is 11.6 Å². The third-order valence-electron chi connectivity index (χ3n) is 5.23. The molecular formula is C25H19Cl3N4O4. The van der Waals surface area contributed by atoms with Crippen LogP contribution in [0.2, 0.25) is 15.1 Å². The average molecular weight is 546 g/mol. The molecule has 0 aliphatic carbocycles. The fourth-order valence-electron chi connectivity index (χ4n) is 3.44. The van der Waals surface area contributed by atoms with Gasteiger partial charge in [0.15, 0.2) is 11.6 Å². The lowest BCUT2D eigenvalue weighted by Gasteiger charge is -2.09. The van der Waals surface area contributed by atoms with E-state index in [4.69, 9.17) is 39.5 Å². The third kappa shape index (κ3) is 5.96. The van der Waals surface area contributed by atoms with Gasteiger partial charge in [-0.3, -0.25) is 19.6 Å². The number of nitrogens with zero attached hydrogens (tertiary/aromatic N) is 3. The molecule has 1 N–H and O–H groups in total. The predicted molar refractivity (Wildman–Crippen MR) is 139 cm³/mol. The molecule has 0 bridgehead atoms. The summed E-state index contributed by atoms with van der Waals surface area (Å²) in [6.45, 7) is 2.07. The number of rotatable bonds is 8. The Hall–Kier alpha value is -3.59. The maximum absolute atomic E-state index is 12.9. The smallest absolute Gasteiger partial charge is 0.311 e. The molecule has 1 heterocycles. The summed E-state index contributed by atoms with van der Waals surface area (Å²) in [5.41, 5.74) is 2.31. The van der Waals surface area contributed by atoms with E-state index in [0.717, 1.165) is 5.56 Å². The van der Waals surface area contributed by atoms with E-state index in [9.17, 15) is 14.9 Å². The maximum Gasteiger partial charge on any atom is 0.311 e. The Morgan fingerprint density at radius 1 is 1.06 bits per heavy atom. The van der Waals surface area contributed by atoms with E-state index in [1.54, 1.807) is 67.7 Å². The van der Waals surface area contributed by atoms with Crippen LogP contribution < -0.4 is 10.1 Å². The number of nitro benzene ring substituents is 1. The molecule has 1 amide bonds. The van der Waals surface area contributed by atoms with Crippen molar-refractivity contribution in [2.45, 2.75) is 20.1 Å². The van der Waals surface area contributed by atoms with E-state index in [2.05, 4.69) is 10.4 Å². The summed E-state index contributed by atoms with van der Waals surface area (Å²) in [5.74, 6) is -0.0979. The molecule has 0 saturated carbocycles. The van der Waals surface area contributed by atoms with E-state index in [-0.39, 0.29) is 35.4 Å². The molecule has 0 aliphatic rings. The number of anilines is 1. The van der Waals surface area contributed by atoms with Gasteiger partial charge in [-0.15, -0.1) is 0 Å². The van der Waals surface area contributed by atoms with Crippen molar-refractivity contribution < 1.29 is 14.5 Å². The predicted octanol–water partition coefficient (Wildman–Crippen LogP) is 6.94. The highest BCUT2D eigenvalue weighted by molar-refractivity contribution is 6.36. The molecule has 3 aromatic carbocycles. The van der Waals surface area contributed by atoms with Crippen LogP contribution in [0, 0.1) is 17.0 Å². The van der Waals surface area contributed by atoms with Crippen LogP contribution in [0.3, 0.4) is 0 Å². The first kappa shape index (κ1) is 25.5. The topological polar surface area (TPSA) is 99.3 Å². The number of amides is 1. The second-order valence-corrected chi connectivity index (χ2v) is 9.12. The summed E-state index contributed by atoms with van der Waals surface area (Å²) < 4.78 is 7.19. The van der Waals surface area contributed by atoms with Gasteiger partial charge >= 0.3 is 5.69 Å². The molecule has 0 spiro atoms. The quantitative estimate of drug-likeness (QED) is 0.191. The van der Waals surface area contributed by atoms with Crippen molar-refractivity contribution in [3.8, 4) is 5.75 Å². The molecule has 0 saturated heterocycles. The number of ether oxygens (including phenoxy) is 1. The molecule has 184 valence electrons. The molecule has 0 atom stereocenters. The molecule has 0 radical (unpaired) electrons. The zero-order chi connectivity index (χ0) is 25.8. The zero-order valence-electron chi connectivity index (χ0n) is 18.9. The SMILES string of the molecule is Cc1ccc(OCc2cccc(C(=O)Nc3nn(Cc4c(Cl)cccc4Cl)cc3Cl)c2)c([N+](=O)[O-])c1. The van der Waals surface area contributed by atoms with Crippen LogP contribution in [0.15, 0.2) is 66.9 Å². The Labute approximate surface area is 221 Å². The first-order chi connectivity index (χ1) is 17.2. The van der Waals surface area contributed by atoms with Crippen molar-refractivity contribution in [1.82, 2.24) is 9.78 Å². The van der Waals surface area contributed by atoms with Crippen LogP contribution >= 0.6 is 34.8 Å². The second kappa shape index (κ2) is 11.0. The fourth-order valence-corrected chi connectivity index (χ4v) is 4.16. The first-order valence-electron chi connectivity index (χ1n) is 10.6. The van der Waals surface area contributed by atoms with E-state index >= 15 is 0 Å². The lowest BCUT2D eigenvalue weighted by atomic mass is 10.1. The van der Waals surface area contributed by atoms with Gasteiger partial charge in [0.2, 0.25) is 0 Å². The van der Waals surface area contributed by atoms with Crippen molar-refractivity contribution in [3.63, 3.8) is 0 Å². The molecule has 1 aromatic heterocycles. The van der Waals surface area contributed by atoms with Gasteiger partial charge in [-0.25, -0.2) is 0 Å². The number of hydrogen-bond donors (Lipinski definition) is 1. The highest BCUT2D eigenvalue weighted by atomic mass is 35.5. The number of nitro groups is 1. The minimum atomic E-state index is -0.491. The Balaban J connectivity index is 1.45. The van der Waals surface area contributed by atoms with Crippen molar-refractivity contribution >= 4 is 52.2 Å². The van der Waals surface area contributed by atoms with Gasteiger partial charge in [-0.2, -0.15) is 5.10 Å². The van der Waals surface area contributed by atoms with Gasteiger partial charge in [0, 0.05) is 33.4 Å². The monoisotopic (exact) mass is 544 g/mol. The zero-order valence-corrected chi connectivity index (χ0v) is 21.1. The average Bonchev–Trinajstić information content (AvgIpc) is 3.19. The molecule has 0 fully saturated rings. The Morgan fingerprint density at radius 2 is 1.78 bits per heavy atom. The van der Waals surface area contributed by atoms with Gasteiger partial charge < -0.3 is 10.1 Å². The number of carbonyl (C=O) groups excluding carboxylic acids is 1. The number of hydrogen-bond acceptors (Lipinski definition) is 5. The molecule has 11 heteroatoms. The molecule has 36 heavy (non-hydrogen) atoms. The number of carbonyl (C=O) groups is 1. The van der Waals surface area contributed by atoms with Crippen LogP contribution in [0.5, 0.6) is 5.75 Å².